The maximum absolute atomic E-state index is 13.5. The fraction of sp³-hybridized carbons (Fsp3) is 0.231. The summed E-state index contributed by atoms with van der Waals surface area (Å²) in [6, 6.07) is 8.52. The van der Waals surface area contributed by atoms with Crippen LogP contribution in [0.3, 0.4) is 0 Å². The molecule has 1 heterocycles. The maximum atomic E-state index is 13.5. The van der Waals surface area contributed by atoms with E-state index in [1.165, 1.54) is 17.8 Å². The highest BCUT2D eigenvalue weighted by Gasteiger charge is 2.04. The van der Waals surface area contributed by atoms with E-state index in [1.807, 2.05) is 12.3 Å². The Labute approximate surface area is 109 Å². The second-order valence-corrected chi connectivity index (χ2v) is 4.58. The van der Waals surface area contributed by atoms with E-state index >= 15 is 0 Å². The van der Waals surface area contributed by atoms with Gasteiger partial charge in [0.05, 0.1) is 6.54 Å². The van der Waals surface area contributed by atoms with Crippen molar-refractivity contribution < 1.29 is 13.9 Å². The van der Waals surface area contributed by atoms with Gasteiger partial charge in [-0.05, 0) is 36.6 Å². The molecule has 0 bridgehead atoms. The number of anilines is 1. The third-order valence-corrected chi connectivity index (χ3v) is 3.26. The van der Waals surface area contributed by atoms with Gasteiger partial charge in [-0.2, -0.15) is 0 Å². The number of hydrogen-bond donors (Lipinski definition) is 2. The number of aliphatic hydroxyl groups is 1. The predicted octanol–water partition coefficient (Wildman–Crippen LogP) is 3.25. The van der Waals surface area contributed by atoms with E-state index in [1.54, 1.807) is 18.2 Å². The molecule has 0 aliphatic rings. The van der Waals surface area contributed by atoms with Crippen LogP contribution >= 0.6 is 11.8 Å². The van der Waals surface area contributed by atoms with E-state index in [9.17, 15) is 4.39 Å². The van der Waals surface area contributed by atoms with Crippen molar-refractivity contribution in [3.8, 4) is 0 Å². The highest BCUT2D eigenvalue weighted by molar-refractivity contribution is 7.98. The average molecular weight is 267 g/mol. The molecule has 1 aromatic heterocycles. The molecule has 3 nitrogen and oxygen atoms in total. The van der Waals surface area contributed by atoms with E-state index < -0.39 is 0 Å². The number of nitrogens with one attached hydrogen (secondary N) is 1. The van der Waals surface area contributed by atoms with Gasteiger partial charge in [0.1, 0.15) is 23.9 Å². The molecule has 1 aromatic carbocycles. The Morgan fingerprint density at radius 3 is 2.67 bits per heavy atom. The lowest BCUT2D eigenvalue weighted by molar-refractivity contribution is 0.244. The molecule has 0 saturated carbocycles. The van der Waals surface area contributed by atoms with Crippen molar-refractivity contribution in [2.24, 2.45) is 0 Å². The lowest BCUT2D eigenvalue weighted by Crippen LogP contribution is -1.98. The Kier molecular flexibility index (Phi) is 4.28. The van der Waals surface area contributed by atoms with Crippen LogP contribution in [0.4, 0.5) is 10.1 Å². The van der Waals surface area contributed by atoms with Gasteiger partial charge in [-0.3, -0.25) is 0 Å². The first-order chi connectivity index (χ1) is 8.72. The van der Waals surface area contributed by atoms with Gasteiger partial charge in [-0.1, -0.05) is 0 Å². The largest absolute Gasteiger partial charge is 0.462 e. The van der Waals surface area contributed by atoms with Crippen LogP contribution in [0, 0.1) is 5.82 Å². The van der Waals surface area contributed by atoms with Crippen LogP contribution in [-0.2, 0) is 13.2 Å². The molecule has 2 aromatic rings. The summed E-state index contributed by atoms with van der Waals surface area (Å²) in [7, 11) is 0. The molecule has 0 atom stereocenters. The fourth-order valence-corrected chi connectivity index (χ4v) is 2.03. The zero-order chi connectivity index (χ0) is 13.0. The van der Waals surface area contributed by atoms with Gasteiger partial charge in [0.15, 0.2) is 0 Å². The van der Waals surface area contributed by atoms with Crippen LogP contribution in [0.25, 0.3) is 0 Å². The van der Waals surface area contributed by atoms with Crippen molar-refractivity contribution in [3.05, 3.63) is 47.7 Å². The first-order valence-electron chi connectivity index (χ1n) is 5.49. The Hall–Kier alpha value is -1.46. The number of benzene rings is 1. The van der Waals surface area contributed by atoms with Gasteiger partial charge >= 0.3 is 0 Å². The number of hydrogen-bond acceptors (Lipinski definition) is 4. The fourth-order valence-electron chi connectivity index (χ4n) is 1.57. The molecule has 18 heavy (non-hydrogen) atoms. The van der Waals surface area contributed by atoms with E-state index in [0.717, 1.165) is 0 Å². The van der Waals surface area contributed by atoms with Gasteiger partial charge in [0, 0.05) is 10.6 Å². The van der Waals surface area contributed by atoms with Crippen LogP contribution in [0.1, 0.15) is 11.5 Å². The van der Waals surface area contributed by atoms with Crippen molar-refractivity contribution >= 4 is 17.4 Å². The minimum Gasteiger partial charge on any atom is -0.462 e. The molecule has 0 fully saturated rings. The van der Waals surface area contributed by atoms with Gasteiger partial charge in [0.2, 0.25) is 0 Å². The first kappa shape index (κ1) is 13.0. The molecule has 0 saturated heterocycles. The number of furan rings is 1. The molecular formula is C13H14FNO2S. The normalized spacial score (nSPS) is 10.6. The smallest absolute Gasteiger partial charge is 0.138 e. The van der Waals surface area contributed by atoms with Gasteiger partial charge in [-0.25, -0.2) is 4.39 Å². The van der Waals surface area contributed by atoms with E-state index in [0.29, 0.717) is 28.6 Å². The minimum atomic E-state index is -0.233. The van der Waals surface area contributed by atoms with Gasteiger partial charge in [-0.15, -0.1) is 11.8 Å². The number of rotatable bonds is 5. The second-order valence-electron chi connectivity index (χ2n) is 3.73. The Morgan fingerprint density at radius 2 is 2.06 bits per heavy atom. The maximum Gasteiger partial charge on any atom is 0.138 e. The summed E-state index contributed by atoms with van der Waals surface area (Å²) in [6.45, 7) is 0.342. The van der Waals surface area contributed by atoms with Crippen molar-refractivity contribution in [3.63, 3.8) is 0 Å². The van der Waals surface area contributed by atoms with Gasteiger partial charge < -0.3 is 14.8 Å². The first-order valence-corrected chi connectivity index (χ1v) is 6.71. The standard InChI is InChI=1S/C13H14FNO2S/c1-18-13-5-2-9(6-12(13)14)15-7-10-3-4-11(8-16)17-10/h2-6,15-16H,7-8H2,1H3. The molecule has 0 unspecified atom stereocenters. The molecule has 2 N–H and O–H groups in total. The van der Waals surface area contributed by atoms with E-state index in [-0.39, 0.29) is 12.4 Å². The summed E-state index contributed by atoms with van der Waals surface area (Å²) in [6.07, 6.45) is 1.84. The SMILES string of the molecule is CSc1ccc(NCc2ccc(CO)o2)cc1F. The van der Waals surface area contributed by atoms with Crippen LogP contribution in [0.5, 0.6) is 0 Å². The molecule has 0 aliphatic carbocycles. The zero-order valence-corrected chi connectivity index (χ0v) is 10.8. The van der Waals surface area contributed by atoms with Crippen molar-refractivity contribution in [2.75, 3.05) is 11.6 Å². The van der Waals surface area contributed by atoms with Crippen molar-refractivity contribution in [1.29, 1.82) is 0 Å². The van der Waals surface area contributed by atoms with Gasteiger partial charge in [0.25, 0.3) is 0 Å². The predicted molar refractivity (Wildman–Crippen MR) is 70.1 cm³/mol. The molecule has 2 rings (SSSR count). The van der Waals surface area contributed by atoms with Crippen LogP contribution in [0.15, 0.2) is 39.6 Å². The highest BCUT2D eigenvalue weighted by Crippen LogP contribution is 2.22. The Bertz CT molecular complexity index is 527. The third-order valence-electron chi connectivity index (χ3n) is 2.49. The molecule has 0 radical (unpaired) electrons. The topological polar surface area (TPSA) is 45.4 Å². The number of aliphatic hydroxyl groups excluding tert-OH is 1. The third kappa shape index (κ3) is 3.05. The lowest BCUT2D eigenvalue weighted by atomic mass is 10.3. The molecule has 5 heteroatoms. The number of thioether (sulfide) groups is 1. The van der Waals surface area contributed by atoms with Crippen LogP contribution in [-0.4, -0.2) is 11.4 Å². The highest BCUT2D eigenvalue weighted by atomic mass is 32.2. The number of halogens is 1. The summed E-state index contributed by atoms with van der Waals surface area (Å²) in [4.78, 5) is 0.626. The van der Waals surface area contributed by atoms with E-state index in [4.69, 9.17) is 9.52 Å². The summed E-state index contributed by atoms with van der Waals surface area (Å²) in [5.41, 5.74) is 0.701. The quantitative estimate of drug-likeness (QED) is 0.816. The van der Waals surface area contributed by atoms with E-state index in [2.05, 4.69) is 5.32 Å². The lowest BCUT2D eigenvalue weighted by Gasteiger charge is -2.06. The summed E-state index contributed by atoms with van der Waals surface area (Å²) >= 11 is 1.38. The molecule has 0 spiro atoms. The minimum absolute atomic E-state index is 0.114. The molecular weight excluding hydrogens is 253 g/mol. The average Bonchev–Trinajstić information content (AvgIpc) is 2.84. The van der Waals surface area contributed by atoms with Crippen molar-refractivity contribution in [1.82, 2.24) is 0 Å². The summed E-state index contributed by atoms with van der Waals surface area (Å²) < 4.78 is 18.8. The molecule has 96 valence electrons. The Balaban J connectivity index is 1.99. The molecule has 0 aliphatic heterocycles. The van der Waals surface area contributed by atoms with Crippen molar-refractivity contribution in [2.45, 2.75) is 18.0 Å². The second kappa shape index (κ2) is 5.93. The van der Waals surface area contributed by atoms with Crippen LogP contribution < -0.4 is 5.32 Å². The molecule has 0 amide bonds. The Morgan fingerprint density at radius 1 is 1.28 bits per heavy atom. The zero-order valence-electron chi connectivity index (χ0n) is 9.94. The summed E-state index contributed by atoms with van der Waals surface area (Å²) in [5.74, 6) is 0.993. The monoisotopic (exact) mass is 267 g/mol. The van der Waals surface area contributed by atoms with Crippen LogP contribution in [0.2, 0.25) is 0 Å². The summed E-state index contributed by atoms with van der Waals surface area (Å²) in [5, 5.41) is 11.9.